The van der Waals surface area contributed by atoms with Gasteiger partial charge in [0, 0.05) is 15.1 Å². The first-order valence-corrected chi connectivity index (χ1v) is 7.15. The SMILES string of the molecule is CC(Nc1cc(Cl)ccc1Cl)c1cc(Cl)ccc1Cl. The summed E-state index contributed by atoms with van der Waals surface area (Å²) in [6.07, 6.45) is 0. The van der Waals surface area contributed by atoms with Crippen LogP contribution in [0.1, 0.15) is 18.5 Å². The van der Waals surface area contributed by atoms with Crippen LogP contribution < -0.4 is 5.32 Å². The third-order valence-electron chi connectivity index (χ3n) is 2.72. The number of benzene rings is 2. The van der Waals surface area contributed by atoms with Crippen LogP contribution in [0.15, 0.2) is 36.4 Å². The highest BCUT2D eigenvalue weighted by atomic mass is 35.5. The Bertz CT molecular complexity index is 598. The molecule has 2 aromatic rings. The van der Waals surface area contributed by atoms with E-state index < -0.39 is 0 Å². The number of anilines is 1. The summed E-state index contributed by atoms with van der Waals surface area (Å²) in [5.74, 6) is 0. The fourth-order valence-corrected chi connectivity index (χ4v) is 2.57. The van der Waals surface area contributed by atoms with Gasteiger partial charge in [0.05, 0.1) is 16.8 Å². The molecule has 1 atom stereocenters. The Morgan fingerprint density at radius 2 is 1.42 bits per heavy atom. The molecule has 0 spiro atoms. The first-order valence-electron chi connectivity index (χ1n) is 5.64. The first-order chi connectivity index (χ1) is 8.97. The van der Waals surface area contributed by atoms with Gasteiger partial charge in [0.25, 0.3) is 0 Å². The summed E-state index contributed by atoms with van der Waals surface area (Å²) in [4.78, 5) is 0. The largest absolute Gasteiger partial charge is 0.377 e. The fraction of sp³-hybridized carbons (Fsp3) is 0.143. The standard InChI is InChI=1S/C14H11Cl4N/c1-8(11-6-9(15)2-4-12(11)17)19-14-7-10(16)3-5-13(14)18/h2-8,19H,1H3. The Morgan fingerprint density at radius 1 is 0.842 bits per heavy atom. The molecule has 5 heteroatoms. The molecule has 2 aromatic carbocycles. The van der Waals surface area contributed by atoms with E-state index in [2.05, 4.69) is 5.32 Å². The molecule has 0 aromatic heterocycles. The van der Waals surface area contributed by atoms with Crippen molar-refractivity contribution in [1.29, 1.82) is 0 Å². The lowest BCUT2D eigenvalue weighted by Crippen LogP contribution is -2.07. The number of halogens is 4. The van der Waals surface area contributed by atoms with Crippen molar-refractivity contribution in [3.05, 3.63) is 62.1 Å². The maximum absolute atomic E-state index is 6.17. The maximum atomic E-state index is 6.17. The molecule has 0 fully saturated rings. The fourth-order valence-electron chi connectivity index (χ4n) is 1.77. The number of nitrogens with one attached hydrogen (secondary N) is 1. The van der Waals surface area contributed by atoms with Crippen LogP contribution in [0.5, 0.6) is 0 Å². The van der Waals surface area contributed by atoms with E-state index in [-0.39, 0.29) is 6.04 Å². The highest BCUT2D eigenvalue weighted by molar-refractivity contribution is 6.35. The second-order valence-electron chi connectivity index (χ2n) is 4.16. The zero-order valence-corrected chi connectivity index (χ0v) is 13.1. The lowest BCUT2D eigenvalue weighted by Gasteiger charge is -2.18. The second-order valence-corrected chi connectivity index (χ2v) is 5.84. The molecule has 0 aliphatic carbocycles. The number of hydrogen-bond acceptors (Lipinski definition) is 1. The van der Waals surface area contributed by atoms with Crippen LogP contribution in [0.25, 0.3) is 0 Å². The molecule has 100 valence electrons. The minimum Gasteiger partial charge on any atom is -0.377 e. The van der Waals surface area contributed by atoms with E-state index in [1.807, 2.05) is 13.0 Å². The zero-order valence-electron chi connectivity index (χ0n) is 10.1. The average Bonchev–Trinajstić information content (AvgIpc) is 2.36. The minimum absolute atomic E-state index is 0.0397. The van der Waals surface area contributed by atoms with E-state index in [1.165, 1.54) is 0 Å². The Hall–Kier alpha value is -0.600. The Labute approximate surface area is 132 Å². The molecule has 1 N–H and O–H groups in total. The van der Waals surface area contributed by atoms with Crippen molar-refractivity contribution in [3.8, 4) is 0 Å². The van der Waals surface area contributed by atoms with Crippen LogP contribution in [0, 0.1) is 0 Å². The third kappa shape index (κ3) is 3.70. The highest BCUT2D eigenvalue weighted by Gasteiger charge is 2.12. The molecule has 1 unspecified atom stereocenters. The molecule has 0 saturated carbocycles. The number of hydrogen-bond donors (Lipinski definition) is 1. The topological polar surface area (TPSA) is 12.0 Å². The molecule has 1 nitrogen and oxygen atoms in total. The van der Waals surface area contributed by atoms with Crippen LogP contribution in [0.4, 0.5) is 5.69 Å². The van der Waals surface area contributed by atoms with Crippen molar-refractivity contribution < 1.29 is 0 Å². The molecule has 0 bridgehead atoms. The van der Waals surface area contributed by atoms with Crippen molar-refractivity contribution in [2.45, 2.75) is 13.0 Å². The Kier molecular flexibility index (Phi) is 4.86. The molecule has 2 rings (SSSR count). The van der Waals surface area contributed by atoms with Crippen molar-refractivity contribution >= 4 is 52.1 Å². The molecule has 0 heterocycles. The van der Waals surface area contributed by atoms with E-state index >= 15 is 0 Å². The van der Waals surface area contributed by atoms with Gasteiger partial charge in [-0.2, -0.15) is 0 Å². The molecule has 0 aliphatic heterocycles. The molecule has 19 heavy (non-hydrogen) atoms. The van der Waals surface area contributed by atoms with Crippen molar-refractivity contribution in [2.24, 2.45) is 0 Å². The molecule has 0 aliphatic rings. The van der Waals surface area contributed by atoms with Gasteiger partial charge < -0.3 is 5.32 Å². The van der Waals surface area contributed by atoms with Gasteiger partial charge in [0.1, 0.15) is 0 Å². The van der Waals surface area contributed by atoms with Crippen molar-refractivity contribution in [1.82, 2.24) is 0 Å². The van der Waals surface area contributed by atoms with E-state index in [9.17, 15) is 0 Å². The van der Waals surface area contributed by atoms with Gasteiger partial charge in [-0.15, -0.1) is 0 Å². The lowest BCUT2D eigenvalue weighted by atomic mass is 10.1. The summed E-state index contributed by atoms with van der Waals surface area (Å²) in [6, 6.07) is 10.6. The molecular weight excluding hydrogens is 324 g/mol. The smallest absolute Gasteiger partial charge is 0.0638 e. The molecule has 0 amide bonds. The van der Waals surface area contributed by atoms with Crippen LogP contribution >= 0.6 is 46.4 Å². The number of rotatable bonds is 3. The first kappa shape index (κ1) is 14.8. The van der Waals surface area contributed by atoms with Gasteiger partial charge in [-0.1, -0.05) is 46.4 Å². The Morgan fingerprint density at radius 3 is 2.11 bits per heavy atom. The molecule has 0 saturated heterocycles. The van der Waals surface area contributed by atoms with Gasteiger partial charge in [0.2, 0.25) is 0 Å². The summed E-state index contributed by atoms with van der Waals surface area (Å²) in [6.45, 7) is 1.98. The minimum atomic E-state index is -0.0397. The summed E-state index contributed by atoms with van der Waals surface area (Å²) >= 11 is 24.2. The maximum Gasteiger partial charge on any atom is 0.0638 e. The predicted molar refractivity (Wildman–Crippen MR) is 85.0 cm³/mol. The van der Waals surface area contributed by atoms with Gasteiger partial charge in [0.15, 0.2) is 0 Å². The van der Waals surface area contributed by atoms with Gasteiger partial charge in [-0.05, 0) is 48.9 Å². The van der Waals surface area contributed by atoms with Crippen molar-refractivity contribution in [2.75, 3.05) is 5.32 Å². The van der Waals surface area contributed by atoms with E-state index in [4.69, 9.17) is 46.4 Å². The van der Waals surface area contributed by atoms with Gasteiger partial charge in [-0.3, -0.25) is 0 Å². The second kappa shape index (κ2) is 6.23. The van der Waals surface area contributed by atoms with Crippen LogP contribution in [0.2, 0.25) is 20.1 Å². The van der Waals surface area contributed by atoms with Crippen LogP contribution in [0.3, 0.4) is 0 Å². The predicted octanol–water partition coefficient (Wildman–Crippen LogP) is 6.47. The summed E-state index contributed by atoms with van der Waals surface area (Å²) in [5.41, 5.74) is 1.67. The summed E-state index contributed by atoms with van der Waals surface area (Å²) in [7, 11) is 0. The van der Waals surface area contributed by atoms with E-state index in [1.54, 1.807) is 30.3 Å². The highest BCUT2D eigenvalue weighted by Crippen LogP contribution is 2.32. The average molecular weight is 335 g/mol. The lowest BCUT2D eigenvalue weighted by molar-refractivity contribution is 0.885. The van der Waals surface area contributed by atoms with Crippen LogP contribution in [-0.2, 0) is 0 Å². The van der Waals surface area contributed by atoms with Gasteiger partial charge in [-0.25, -0.2) is 0 Å². The van der Waals surface area contributed by atoms with Crippen LogP contribution in [-0.4, -0.2) is 0 Å². The summed E-state index contributed by atoms with van der Waals surface area (Å²) < 4.78 is 0. The monoisotopic (exact) mass is 333 g/mol. The normalized spacial score (nSPS) is 12.3. The molecular formula is C14H11Cl4N. The third-order valence-corrected chi connectivity index (χ3v) is 3.87. The van der Waals surface area contributed by atoms with Gasteiger partial charge >= 0.3 is 0 Å². The molecule has 0 radical (unpaired) electrons. The van der Waals surface area contributed by atoms with Crippen molar-refractivity contribution in [3.63, 3.8) is 0 Å². The zero-order chi connectivity index (χ0) is 14.0. The van der Waals surface area contributed by atoms with E-state index in [0.717, 1.165) is 11.3 Å². The summed E-state index contributed by atoms with van der Waals surface area (Å²) in [5, 5.41) is 5.80. The quantitative estimate of drug-likeness (QED) is 0.677. The Balaban J connectivity index is 2.27. The van der Waals surface area contributed by atoms with E-state index in [0.29, 0.717) is 20.1 Å².